The molecule has 0 saturated heterocycles. The normalized spacial score (nSPS) is 11.9. The Morgan fingerprint density at radius 3 is 1.79 bits per heavy atom. The summed E-state index contributed by atoms with van der Waals surface area (Å²) in [5, 5.41) is 27.9. The van der Waals surface area contributed by atoms with Crippen LogP contribution in [-0.4, -0.2) is 51.2 Å². The van der Waals surface area contributed by atoms with Crippen LogP contribution in [0, 0.1) is 0 Å². The van der Waals surface area contributed by atoms with Gasteiger partial charge >= 0.3 is 17.9 Å². The molecule has 0 aliphatic carbocycles. The Hall–Kier alpha value is -3.72. The van der Waals surface area contributed by atoms with Crippen molar-refractivity contribution in [2.75, 3.05) is 0 Å². The van der Waals surface area contributed by atoms with Gasteiger partial charge in [0.25, 0.3) is 5.91 Å². The van der Waals surface area contributed by atoms with Crippen molar-refractivity contribution in [2.45, 2.75) is 24.9 Å². The van der Waals surface area contributed by atoms with E-state index in [2.05, 4.69) is 5.32 Å². The summed E-state index contributed by atoms with van der Waals surface area (Å²) >= 11 is 0. The molecule has 2 aromatic rings. The average molecular weight is 402 g/mol. The summed E-state index contributed by atoms with van der Waals surface area (Å²) < 4.78 is 0. The van der Waals surface area contributed by atoms with Gasteiger partial charge in [-0.2, -0.15) is 0 Å². The second-order valence-electron chi connectivity index (χ2n) is 5.96. The van der Waals surface area contributed by atoms with Crippen LogP contribution in [0.3, 0.4) is 0 Å². The number of nitrogens with two attached hydrogens (primary N) is 1. The highest BCUT2D eigenvalue weighted by Crippen LogP contribution is 2.02. The zero-order valence-corrected chi connectivity index (χ0v) is 15.4. The predicted molar refractivity (Wildman–Crippen MR) is 103 cm³/mol. The van der Waals surface area contributed by atoms with Gasteiger partial charge < -0.3 is 26.4 Å². The SMILES string of the molecule is N[C@@H](Cc1ccccc1)C(=O)O.O=C(O)C[C@H](NC(=O)c1ccccc1)C(=O)O. The Morgan fingerprint density at radius 1 is 0.828 bits per heavy atom. The molecule has 9 heteroatoms. The Morgan fingerprint density at radius 2 is 1.34 bits per heavy atom. The van der Waals surface area contributed by atoms with Crippen LogP contribution in [0.15, 0.2) is 60.7 Å². The number of hydrogen-bond donors (Lipinski definition) is 5. The first-order valence-electron chi connectivity index (χ1n) is 8.53. The molecule has 1 amide bonds. The zero-order chi connectivity index (χ0) is 21.8. The molecule has 154 valence electrons. The molecule has 0 aliphatic heterocycles. The Balaban J connectivity index is 0.000000308. The van der Waals surface area contributed by atoms with Crippen molar-refractivity contribution in [3.8, 4) is 0 Å². The van der Waals surface area contributed by atoms with Gasteiger partial charge in [-0.05, 0) is 24.1 Å². The number of hydrogen-bond acceptors (Lipinski definition) is 5. The second kappa shape index (κ2) is 11.9. The highest BCUT2D eigenvalue weighted by molar-refractivity contribution is 5.97. The summed E-state index contributed by atoms with van der Waals surface area (Å²) in [6, 6.07) is 15.1. The van der Waals surface area contributed by atoms with Crippen molar-refractivity contribution in [3.63, 3.8) is 0 Å². The summed E-state index contributed by atoms with van der Waals surface area (Å²) in [5.41, 5.74) is 6.58. The number of carbonyl (C=O) groups excluding carboxylic acids is 1. The molecule has 0 heterocycles. The molecule has 2 atom stereocenters. The Labute approximate surface area is 166 Å². The topological polar surface area (TPSA) is 167 Å². The van der Waals surface area contributed by atoms with Gasteiger partial charge in [-0.15, -0.1) is 0 Å². The lowest BCUT2D eigenvalue weighted by molar-refractivity contribution is -0.145. The fraction of sp³-hybridized carbons (Fsp3) is 0.200. The van der Waals surface area contributed by atoms with Gasteiger partial charge in [0, 0.05) is 5.56 Å². The standard InChI is InChI=1S/C11H11NO5.C9H11NO2/c13-9(14)6-8(11(16)17)12-10(15)7-4-2-1-3-5-7;10-8(9(11)12)6-7-4-2-1-3-5-7/h1-5,8H,6H2,(H,12,15)(H,13,14)(H,16,17);1-5,8H,6,10H2,(H,11,12)/t2*8-/m00/s1. The summed E-state index contributed by atoms with van der Waals surface area (Å²) in [6.45, 7) is 0. The molecule has 0 saturated carbocycles. The van der Waals surface area contributed by atoms with Gasteiger partial charge in [-0.1, -0.05) is 48.5 Å². The predicted octanol–water partition coefficient (Wildman–Crippen LogP) is 0.985. The third kappa shape index (κ3) is 9.16. The Kier molecular flexibility index (Phi) is 9.55. The van der Waals surface area contributed by atoms with E-state index in [1.807, 2.05) is 30.3 Å². The van der Waals surface area contributed by atoms with Gasteiger partial charge in [0.05, 0.1) is 6.42 Å². The molecule has 2 aromatic carbocycles. The van der Waals surface area contributed by atoms with Crippen LogP contribution in [0.4, 0.5) is 0 Å². The summed E-state index contributed by atoms with van der Waals surface area (Å²) in [6.07, 6.45) is -0.274. The fourth-order valence-corrected chi connectivity index (χ4v) is 2.16. The van der Waals surface area contributed by atoms with Gasteiger partial charge in [0.1, 0.15) is 12.1 Å². The van der Waals surface area contributed by atoms with E-state index in [1.165, 1.54) is 12.1 Å². The van der Waals surface area contributed by atoms with Crippen LogP contribution < -0.4 is 11.1 Å². The van der Waals surface area contributed by atoms with Crippen molar-refractivity contribution in [2.24, 2.45) is 5.73 Å². The van der Waals surface area contributed by atoms with E-state index in [4.69, 9.17) is 21.1 Å². The van der Waals surface area contributed by atoms with Crippen LogP contribution >= 0.6 is 0 Å². The van der Waals surface area contributed by atoms with Crippen LogP contribution in [0.2, 0.25) is 0 Å². The summed E-state index contributed by atoms with van der Waals surface area (Å²) in [5.74, 6) is -4.24. The monoisotopic (exact) mass is 402 g/mol. The number of carboxylic acids is 3. The first-order valence-corrected chi connectivity index (χ1v) is 8.53. The van der Waals surface area contributed by atoms with Crippen molar-refractivity contribution >= 4 is 23.8 Å². The molecule has 0 bridgehead atoms. The van der Waals surface area contributed by atoms with Crippen LogP contribution in [0.25, 0.3) is 0 Å². The van der Waals surface area contributed by atoms with Crippen LogP contribution in [0.1, 0.15) is 22.3 Å². The molecular weight excluding hydrogens is 380 g/mol. The quantitative estimate of drug-likeness (QED) is 0.435. The second-order valence-corrected chi connectivity index (χ2v) is 5.96. The van der Waals surface area contributed by atoms with E-state index in [1.54, 1.807) is 18.2 Å². The minimum atomic E-state index is -1.43. The van der Waals surface area contributed by atoms with E-state index in [0.717, 1.165) is 5.56 Å². The molecule has 0 aliphatic rings. The Bertz CT molecular complexity index is 825. The molecule has 0 spiro atoms. The maximum Gasteiger partial charge on any atom is 0.326 e. The highest BCUT2D eigenvalue weighted by atomic mass is 16.4. The van der Waals surface area contributed by atoms with Crippen LogP contribution in [0.5, 0.6) is 0 Å². The third-order valence-corrected chi connectivity index (χ3v) is 3.63. The number of carboxylic acid groups (broad SMARTS) is 3. The first-order chi connectivity index (χ1) is 13.7. The number of rotatable bonds is 8. The van der Waals surface area contributed by atoms with Gasteiger partial charge in [0.2, 0.25) is 0 Å². The lowest BCUT2D eigenvalue weighted by Crippen LogP contribution is -2.42. The molecule has 0 fully saturated rings. The number of nitrogens with one attached hydrogen (secondary N) is 1. The summed E-state index contributed by atoms with van der Waals surface area (Å²) in [4.78, 5) is 43.1. The minimum absolute atomic E-state index is 0.282. The van der Waals surface area contributed by atoms with Gasteiger partial charge in [-0.25, -0.2) is 4.79 Å². The highest BCUT2D eigenvalue weighted by Gasteiger charge is 2.23. The zero-order valence-electron chi connectivity index (χ0n) is 15.4. The number of carbonyl (C=O) groups is 4. The van der Waals surface area contributed by atoms with E-state index in [-0.39, 0.29) is 5.56 Å². The lowest BCUT2D eigenvalue weighted by Gasteiger charge is -2.12. The van der Waals surface area contributed by atoms with Gasteiger partial charge in [-0.3, -0.25) is 14.4 Å². The van der Waals surface area contributed by atoms with Crippen molar-refractivity contribution in [3.05, 3.63) is 71.8 Å². The maximum atomic E-state index is 11.6. The van der Waals surface area contributed by atoms with E-state index < -0.39 is 42.3 Å². The number of amides is 1. The van der Waals surface area contributed by atoms with E-state index in [9.17, 15) is 19.2 Å². The van der Waals surface area contributed by atoms with Crippen molar-refractivity contribution in [1.29, 1.82) is 0 Å². The van der Waals surface area contributed by atoms with Gasteiger partial charge in [0.15, 0.2) is 0 Å². The smallest absolute Gasteiger partial charge is 0.326 e. The number of benzene rings is 2. The van der Waals surface area contributed by atoms with Crippen LogP contribution in [-0.2, 0) is 20.8 Å². The molecule has 2 rings (SSSR count). The van der Waals surface area contributed by atoms with E-state index in [0.29, 0.717) is 6.42 Å². The van der Waals surface area contributed by atoms with Crippen molar-refractivity contribution < 1.29 is 34.5 Å². The molecule has 0 radical (unpaired) electrons. The minimum Gasteiger partial charge on any atom is -0.481 e. The molecule has 6 N–H and O–H groups in total. The largest absolute Gasteiger partial charge is 0.481 e. The molecule has 29 heavy (non-hydrogen) atoms. The fourth-order valence-electron chi connectivity index (χ4n) is 2.16. The average Bonchev–Trinajstić information content (AvgIpc) is 2.69. The van der Waals surface area contributed by atoms with Crippen molar-refractivity contribution in [1.82, 2.24) is 5.32 Å². The molecular formula is C20H22N2O7. The number of aliphatic carboxylic acids is 3. The first kappa shape index (κ1) is 23.3. The van der Waals surface area contributed by atoms with E-state index >= 15 is 0 Å². The lowest BCUT2D eigenvalue weighted by atomic mass is 10.1. The molecule has 0 unspecified atom stereocenters. The molecule has 9 nitrogen and oxygen atoms in total. The summed E-state index contributed by atoms with van der Waals surface area (Å²) in [7, 11) is 0. The third-order valence-electron chi connectivity index (χ3n) is 3.63. The molecule has 0 aromatic heterocycles. The maximum absolute atomic E-state index is 11.6.